The fraction of sp³-hybridized carbons (Fsp3) is 0.462. The molecule has 0 aromatic heterocycles. The smallest absolute Gasteiger partial charge is 0.313 e. The number of carbonyl (C=O) groups excluding carboxylic acids is 1. The topological polar surface area (TPSA) is 89.9 Å². The minimum absolute atomic E-state index is 0.0968. The second-order valence-corrected chi connectivity index (χ2v) is 6.20. The summed E-state index contributed by atoms with van der Waals surface area (Å²) in [7, 11) is -3.04. The number of benzene rings is 1. The van der Waals surface area contributed by atoms with Crippen molar-refractivity contribution in [2.75, 3.05) is 7.11 Å². The van der Waals surface area contributed by atoms with Gasteiger partial charge in [0.2, 0.25) is 0 Å². The fourth-order valence-corrected chi connectivity index (χ4v) is 2.60. The monoisotopic (exact) mass is 302 g/mol. The van der Waals surface area contributed by atoms with E-state index in [1.54, 1.807) is 12.1 Å². The molecule has 20 heavy (non-hydrogen) atoms. The molecule has 0 aliphatic heterocycles. The maximum absolute atomic E-state index is 12.0. The molecule has 1 aromatic rings. The molecule has 1 aromatic carbocycles. The summed E-state index contributed by atoms with van der Waals surface area (Å²) in [5, 5.41) is 10.0. The van der Waals surface area contributed by atoms with Crippen LogP contribution in [0.5, 0.6) is 0 Å². The Bertz CT molecular complexity index is 573. The molecule has 0 bridgehead atoms. The Hall–Kier alpha value is -1.44. The molecule has 0 unspecified atom stereocenters. The summed E-state index contributed by atoms with van der Waals surface area (Å²) < 4.78 is 33.3. The van der Waals surface area contributed by atoms with E-state index >= 15 is 0 Å². The van der Waals surface area contributed by atoms with E-state index in [0.717, 1.165) is 19.6 Å². The second kappa shape index (κ2) is 5.90. The molecular weight excluding hydrogens is 284 g/mol. The van der Waals surface area contributed by atoms with E-state index in [1.807, 2.05) is 6.92 Å². The van der Waals surface area contributed by atoms with Crippen LogP contribution in [0.15, 0.2) is 29.2 Å². The highest BCUT2D eigenvalue weighted by molar-refractivity contribution is 7.86. The summed E-state index contributed by atoms with van der Waals surface area (Å²) >= 11 is 0. The van der Waals surface area contributed by atoms with E-state index in [-0.39, 0.29) is 4.90 Å². The lowest BCUT2D eigenvalue weighted by Crippen LogP contribution is -2.42. The van der Waals surface area contributed by atoms with Crippen LogP contribution in [-0.4, -0.2) is 32.4 Å². The molecule has 2 atom stereocenters. The Labute approximate surface area is 118 Å². The van der Waals surface area contributed by atoms with Crippen molar-refractivity contribution >= 4 is 16.1 Å². The van der Waals surface area contributed by atoms with Crippen LogP contribution in [0.3, 0.4) is 0 Å². The molecule has 0 amide bonds. The fourth-order valence-electron chi connectivity index (χ4n) is 1.44. The van der Waals surface area contributed by atoms with Crippen LogP contribution >= 0.6 is 0 Å². The highest BCUT2D eigenvalue weighted by Gasteiger charge is 2.40. The van der Waals surface area contributed by atoms with Crippen molar-refractivity contribution in [1.82, 2.24) is 0 Å². The number of hydrogen-bond acceptors (Lipinski definition) is 6. The van der Waals surface area contributed by atoms with Gasteiger partial charge in [0.1, 0.15) is 5.92 Å². The van der Waals surface area contributed by atoms with Crippen LogP contribution in [0, 0.1) is 12.8 Å². The molecule has 0 heterocycles. The van der Waals surface area contributed by atoms with Crippen molar-refractivity contribution in [3.05, 3.63) is 29.8 Å². The van der Waals surface area contributed by atoms with Crippen LogP contribution in [0.2, 0.25) is 0 Å². The maximum Gasteiger partial charge on any atom is 0.313 e. The number of ether oxygens (including phenoxy) is 1. The third-order valence-corrected chi connectivity index (χ3v) is 4.35. The number of carbonyl (C=O) groups is 1. The highest BCUT2D eigenvalue weighted by Crippen LogP contribution is 2.25. The quantitative estimate of drug-likeness (QED) is 0.499. The maximum atomic E-state index is 12.0. The molecule has 0 aliphatic rings. The molecule has 1 rings (SSSR count). The van der Waals surface area contributed by atoms with Crippen LogP contribution in [0.25, 0.3) is 0 Å². The molecule has 0 fully saturated rings. The zero-order valence-corrected chi connectivity index (χ0v) is 12.6. The van der Waals surface area contributed by atoms with Crippen molar-refractivity contribution < 1.29 is 27.2 Å². The second-order valence-electron chi connectivity index (χ2n) is 4.65. The average molecular weight is 302 g/mol. The van der Waals surface area contributed by atoms with Crippen molar-refractivity contribution in [2.24, 2.45) is 5.92 Å². The third-order valence-electron chi connectivity index (χ3n) is 2.95. The Balaban J connectivity index is 3.01. The van der Waals surface area contributed by atoms with Gasteiger partial charge < -0.3 is 9.84 Å². The Morgan fingerprint density at radius 2 is 1.80 bits per heavy atom. The predicted molar refractivity (Wildman–Crippen MR) is 71.3 cm³/mol. The van der Waals surface area contributed by atoms with Gasteiger partial charge in [-0.1, -0.05) is 17.7 Å². The first-order valence-electron chi connectivity index (χ1n) is 5.92. The van der Waals surface area contributed by atoms with Gasteiger partial charge in [-0.3, -0.25) is 4.79 Å². The lowest BCUT2D eigenvalue weighted by atomic mass is 10.0. The number of aliphatic hydroxyl groups is 1. The summed E-state index contributed by atoms with van der Waals surface area (Å²) in [5.41, 5.74) is 0.888. The summed E-state index contributed by atoms with van der Waals surface area (Å²) in [6.45, 7) is 4.23. The molecule has 0 aliphatic carbocycles. The molecule has 0 saturated carbocycles. The van der Waals surface area contributed by atoms with E-state index in [4.69, 9.17) is 4.18 Å². The normalized spacial score (nSPS) is 16.2. The number of rotatable bonds is 5. The van der Waals surface area contributed by atoms with Crippen LogP contribution in [0.4, 0.5) is 0 Å². The third kappa shape index (κ3) is 3.78. The van der Waals surface area contributed by atoms with Gasteiger partial charge in [-0.05, 0) is 32.9 Å². The van der Waals surface area contributed by atoms with Gasteiger partial charge in [-0.25, -0.2) is 4.18 Å². The van der Waals surface area contributed by atoms with E-state index in [2.05, 4.69) is 4.74 Å². The van der Waals surface area contributed by atoms with Gasteiger partial charge in [-0.15, -0.1) is 0 Å². The zero-order chi connectivity index (χ0) is 15.6. The standard InChI is InChI=1S/C13H18O6S/c1-9-5-7-11(8-6-9)20(16,17)19-13(3,15)10(2)12(14)18-4/h5-8,10,15H,1-4H3/t10-,13+/m0/s1. The number of aryl methyl sites for hydroxylation is 1. The van der Waals surface area contributed by atoms with Gasteiger partial charge in [0.15, 0.2) is 5.79 Å². The lowest BCUT2D eigenvalue weighted by Gasteiger charge is -2.27. The Morgan fingerprint density at radius 1 is 1.30 bits per heavy atom. The summed E-state index contributed by atoms with van der Waals surface area (Å²) in [6, 6.07) is 5.94. The van der Waals surface area contributed by atoms with E-state index in [0.29, 0.717) is 0 Å². The molecule has 0 saturated heterocycles. The molecule has 6 nitrogen and oxygen atoms in total. The first-order valence-corrected chi connectivity index (χ1v) is 7.33. The van der Waals surface area contributed by atoms with Crippen LogP contribution in [-0.2, 0) is 23.8 Å². The first kappa shape index (κ1) is 16.6. The predicted octanol–water partition coefficient (Wildman–Crippen LogP) is 1.22. The number of hydrogen-bond donors (Lipinski definition) is 1. The van der Waals surface area contributed by atoms with Crippen molar-refractivity contribution in [3.8, 4) is 0 Å². The summed E-state index contributed by atoms with van der Waals surface area (Å²) in [4.78, 5) is 11.3. The van der Waals surface area contributed by atoms with Crippen molar-refractivity contribution in [2.45, 2.75) is 31.5 Å². The molecular formula is C13H18O6S. The number of methoxy groups -OCH3 is 1. The van der Waals surface area contributed by atoms with Crippen LogP contribution in [0.1, 0.15) is 19.4 Å². The largest absolute Gasteiger partial charge is 0.469 e. The van der Waals surface area contributed by atoms with Crippen molar-refractivity contribution in [3.63, 3.8) is 0 Å². The number of esters is 1. The average Bonchev–Trinajstić information content (AvgIpc) is 2.36. The first-order chi connectivity index (χ1) is 9.10. The van der Waals surface area contributed by atoms with Crippen molar-refractivity contribution in [1.29, 1.82) is 0 Å². The molecule has 1 N–H and O–H groups in total. The molecule has 0 spiro atoms. The Morgan fingerprint density at radius 3 is 2.25 bits per heavy atom. The summed E-state index contributed by atoms with van der Waals surface area (Å²) in [6.07, 6.45) is 0. The van der Waals surface area contributed by atoms with Gasteiger partial charge in [0.05, 0.1) is 12.0 Å². The van der Waals surface area contributed by atoms with E-state index in [9.17, 15) is 18.3 Å². The minimum Gasteiger partial charge on any atom is -0.469 e. The Kier molecular flexibility index (Phi) is 4.90. The highest BCUT2D eigenvalue weighted by atomic mass is 32.2. The van der Waals surface area contributed by atoms with E-state index in [1.165, 1.54) is 19.1 Å². The summed E-state index contributed by atoms with van der Waals surface area (Å²) in [5.74, 6) is -4.13. The lowest BCUT2D eigenvalue weighted by molar-refractivity contribution is -0.183. The van der Waals surface area contributed by atoms with Gasteiger partial charge in [-0.2, -0.15) is 8.42 Å². The molecule has 7 heteroatoms. The minimum atomic E-state index is -4.18. The van der Waals surface area contributed by atoms with Crippen LogP contribution < -0.4 is 0 Å². The zero-order valence-electron chi connectivity index (χ0n) is 11.8. The molecule has 0 radical (unpaired) electrons. The van der Waals surface area contributed by atoms with Gasteiger partial charge >= 0.3 is 5.97 Å². The van der Waals surface area contributed by atoms with Gasteiger partial charge in [0.25, 0.3) is 10.1 Å². The SMILES string of the molecule is COC(=O)[C@H](C)[C@](C)(O)OS(=O)(=O)c1ccc(C)cc1. The molecule has 112 valence electrons. The van der Waals surface area contributed by atoms with Gasteiger partial charge in [0, 0.05) is 0 Å². The van der Waals surface area contributed by atoms with E-state index < -0.39 is 27.8 Å².